The highest BCUT2D eigenvalue weighted by Gasteiger charge is 2.26. The third kappa shape index (κ3) is 4.63. The summed E-state index contributed by atoms with van der Waals surface area (Å²) in [6.07, 6.45) is 3.23. The second-order valence-electron chi connectivity index (χ2n) is 6.13. The molecule has 1 saturated heterocycles. The van der Waals surface area contributed by atoms with Crippen LogP contribution in [0.4, 0.5) is 5.69 Å². The molecule has 132 valence electrons. The van der Waals surface area contributed by atoms with E-state index in [1.165, 1.54) is 6.07 Å². The van der Waals surface area contributed by atoms with Crippen LogP contribution >= 0.6 is 23.2 Å². The molecule has 1 aromatic carbocycles. The number of anilines is 1. The predicted octanol–water partition coefficient (Wildman–Crippen LogP) is 3.94. The summed E-state index contributed by atoms with van der Waals surface area (Å²) in [6, 6.07) is 8.24. The molecule has 3 rings (SSSR count). The molecule has 7 heteroatoms. The Morgan fingerprint density at radius 2 is 2.04 bits per heavy atom. The number of benzene rings is 1. The van der Waals surface area contributed by atoms with Crippen molar-refractivity contribution < 1.29 is 9.90 Å². The van der Waals surface area contributed by atoms with E-state index in [0.29, 0.717) is 22.3 Å². The van der Waals surface area contributed by atoms with Gasteiger partial charge in [-0.15, -0.1) is 0 Å². The molecule has 2 aromatic rings. The number of nitrogens with one attached hydrogen (secondary N) is 1. The first kappa shape index (κ1) is 18.0. The monoisotopic (exact) mass is 379 g/mol. The van der Waals surface area contributed by atoms with Crippen LogP contribution in [0.5, 0.6) is 5.75 Å². The Bertz CT molecular complexity index is 762. The molecule has 1 aliphatic rings. The smallest absolute Gasteiger partial charge is 0.227 e. The zero-order valence-corrected chi connectivity index (χ0v) is 15.1. The third-order valence-corrected chi connectivity index (χ3v) is 4.96. The maximum Gasteiger partial charge on any atom is 0.227 e. The number of hydrogen-bond acceptors (Lipinski definition) is 4. The standard InChI is InChI=1S/C18H19Cl2N3O2/c19-13-3-4-17(24)15(10-13)22-18(25)12-5-8-23(9-6-12)11-16-14(20)2-1-7-21-16/h1-4,7,10,12,24H,5-6,8-9,11H2,(H,22,25). The third-order valence-electron chi connectivity index (χ3n) is 4.38. The molecule has 0 bridgehead atoms. The summed E-state index contributed by atoms with van der Waals surface area (Å²) >= 11 is 12.1. The van der Waals surface area contributed by atoms with Crippen molar-refractivity contribution >= 4 is 34.8 Å². The van der Waals surface area contributed by atoms with Gasteiger partial charge in [0.2, 0.25) is 5.91 Å². The molecule has 1 fully saturated rings. The molecule has 0 saturated carbocycles. The summed E-state index contributed by atoms with van der Waals surface area (Å²) in [6.45, 7) is 2.28. The molecule has 2 heterocycles. The molecule has 25 heavy (non-hydrogen) atoms. The fourth-order valence-electron chi connectivity index (χ4n) is 2.94. The average molecular weight is 380 g/mol. The second-order valence-corrected chi connectivity index (χ2v) is 6.98. The Balaban J connectivity index is 1.54. The largest absolute Gasteiger partial charge is 0.506 e. The number of halogens is 2. The van der Waals surface area contributed by atoms with Crippen molar-refractivity contribution in [2.24, 2.45) is 5.92 Å². The number of rotatable bonds is 4. The second kappa shape index (κ2) is 8.04. The van der Waals surface area contributed by atoms with Crippen LogP contribution < -0.4 is 5.32 Å². The molecule has 2 N–H and O–H groups in total. The van der Waals surface area contributed by atoms with Crippen LogP contribution in [0.1, 0.15) is 18.5 Å². The van der Waals surface area contributed by atoms with Crippen LogP contribution in [0.3, 0.4) is 0 Å². The topological polar surface area (TPSA) is 65.5 Å². The van der Waals surface area contributed by atoms with E-state index < -0.39 is 0 Å². The lowest BCUT2D eigenvalue weighted by Crippen LogP contribution is -2.38. The normalized spacial score (nSPS) is 15.9. The fourth-order valence-corrected chi connectivity index (χ4v) is 3.30. The van der Waals surface area contributed by atoms with E-state index in [1.54, 1.807) is 18.3 Å². The highest BCUT2D eigenvalue weighted by molar-refractivity contribution is 6.31. The van der Waals surface area contributed by atoms with Gasteiger partial charge in [0, 0.05) is 23.7 Å². The van der Waals surface area contributed by atoms with E-state index in [2.05, 4.69) is 15.2 Å². The molecule has 0 spiro atoms. The van der Waals surface area contributed by atoms with Crippen molar-refractivity contribution in [3.8, 4) is 5.75 Å². The van der Waals surface area contributed by atoms with Gasteiger partial charge in [0.05, 0.1) is 16.4 Å². The number of carbonyl (C=O) groups excluding carboxylic acids is 1. The van der Waals surface area contributed by atoms with Crippen LogP contribution in [0.15, 0.2) is 36.5 Å². The number of aromatic nitrogens is 1. The summed E-state index contributed by atoms with van der Waals surface area (Å²) in [5, 5.41) is 13.7. The van der Waals surface area contributed by atoms with E-state index in [1.807, 2.05) is 12.1 Å². The van der Waals surface area contributed by atoms with E-state index >= 15 is 0 Å². The lowest BCUT2D eigenvalue weighted by molar-refractivity contribution is -0.121. The highest BCUT2D eigenvalue weighted by Crippen LogP contribution is 2.28. The lowest BCUT2D eigenvalue weighted by atomic mass is 9.95. The molecule has 1 amide bonds. The maximum atomic E-state index is 12.4. The predicted molar refractivity (Wildman–Crippen MR) is 99.0 cm³/mol. The minimum atomic E-state index is -0.0897. The minimum Gasteiger partial charge on any atom is -0.506 e. The quantitative estimate of drug-likeness (QED) is 0.789. The summed E-state index contributed by atoms with van der Waals surface area (Å²) in [7, 11) is 0. The number of piperidine rings is 1. The molecule has 0 radical (unpaired) electrons. The molecular weight excluding hydrogens is 361 g/mol. The highest BCUT2D eigenvalue weighted by atomic mass is 35.5. The summed E-state index contributed by atoms with van der Waals surface area (Å²) in [5.41, 5.74) is 1.20. The first-order valence-corrected chi connectivity index (χ1v) is 8.89. The first-order chi connectivity index (χ1) is 12.0. The number of pyridine rings is 1. The number of carbonyl (C=O) groups is 1. The molecular formula is C18H19Cl2N3O2. The van der Waals surface area contributed by atoms with Crippen molar-refractivity contribution in [2.45, 2.75) is 19.4 Å². The van der Waals surface area contributed by atoms with Gasteiger partial charge >= 0.3 is 0 Å². The number of nitrogens with zero attached hydrogens (tertiary/aromatic N) is 2. The van der Waals surface area contributed by atoms with Crippen LogP contribution in [-0.4, -0.2) is 34.0 Å². The molecule has 0 unspecified atom stereocenters. The average Bonchev–Trinajstić information content (AvgIpc) is 2.61. The van der Waals surface area contributed by atoms with E-state index in [4.69, 9.17) is 23.2 Å². The van der Waals surface area contributed by atoms with Gasteiger partial charge in [0.15, 0.2) is 0 Å². The van der Waals surface area contributed by atoms with E-state index in [0.717, 1.165) is 31.6 Å². The molecule has 1 aromatic heterocycles. The van der Waals surface area contributed by atoms with Crippen molar-refractivity contribution in [2.75, 3.05) is 18.4 Å². The van der Waals surface area contributed by atoms with Crippen molar-refractivity contribution in [1.82, 2.24) is 9.88 Å². The van der Waals surface area contributed by atoms with Gasteiger partial charge in [0.1, 0.15) is 5.75 Å². The van der Waals surface area contributed by atoms with Crippen molar-refractivity contribution in [3.63, 3.8) is 0 Å². The Labute approximate surface area is 156 Å². The Kier molecular flexibility index (Phi) is 5.78. The Morgan fingerprint density at radius 3 is 2.76 bits per heavy atom. The Morgan fingerprint density at radius 1 is 1.28 bits per heavy atom. The van der Waals surface area contributed by atoms with Gasteiger partial charge in [-0.25, -0.2) is 0 Å². The Hall–Kier alpha value is -1.82. The minimum absolute atomic E-state index is 0.0139. The van der Waals surface area contributed by atoms with Gasteiger partial charge in [-0.3, -0.25) is 14.7 Å². The van der Waals surface area contributed by atoms with Crippen LogP contribution in [0, 0.1) is 5.92 Å². The summed E-state index contributed by atoms with van der Waals surface area (Å²) in [5.74, 6) is -0.165. The summed E-state index contributed by atoms with van der Waals surface area (Å²) < 4.78 is 0. The lowest BCUT2D eigenvalue weighted by Gasteiger charge is -2.31. The number of hydrogen-bond donors (Lipinski definition) is 2. The number of phenols is 1. The molecule has 0 atom stereocenters. The number of phenolic OH excluding ortho intramolecular Hbond substituents is 1. The van der Waals surface area contributed by atoms with Crippen LogP contribution in [-0.2, 0) is 11.3 Å². The zero-order valence-electron chi connectivity index (χ0n) is 13.6. The van der Waals surface area contributed by atoms with Gasteiger partial charge in [-0.1, -0.05) is 23.2 Å². The van der Waals surface area contributed by atoms with Gasteiger partial charge in [0.25, 0.3) is 0 Å². The molecule has 1 aliphatic heterocycles. The fraction of sp³-hybridized carbons (Fsp3) is 0.333. The SMILES string of the molecule is O=C(Nc1cc(Cl)ccc1O)C1CCN(Cc2ncccc2Cl)CC1. The van der Waals surface area contributed by atoms with Crippen LogP contribution in [0.2, 0.25) is 10.0 Å². The van der Waals surface area contributed by atoms with E-state index in [-0.39, 0.29) is 17.6 Å². The van der Waals surface area contributed by atoms with Crippen molar-refractivity contribution in [1.29, 1.82) is 0 Å². The van der Waals surface area contributed by atoms with Gasteiger partial charge in [-0.05, 0) is 56.3 Å². The zero-order chi connectivity index (χ0) is 17.8. The van der Waals surface area contributed by atoms with E-state index in [9.17, 15) is 9.90 Å². The number of amides is 1. The van der Waals surface area contributed by atoms with Gasteiger partial charge < -0.3 is 10.4 Å². The molecule has 0 aliphatic carbocycles. The molecule has 5 nitrogen and oxygen atoms in total. The van der Waals surface area contributed by atoms with Crippen molar-refractivity contribution in [3.05, 3.63) is 52.3 Å². The van der Waals surface area contributed by atoms with Crippen LogP contribution in [0.25, 0.3) is 0 Å². The van der Waals surface area contributed by atoms with Gasteiger partial charge in [-0.2, -0.15) is 0 Å². The maximum absolute atomic E-state index is 12.4. The number of likely N-dealkylation sites (tertiary alicyclic amines) is 1. The summed E-state index contributed by atoms with van der Waals surface area (Å²) in [4.78, 5) is 19.0. The number of aromatic hydroxyl groups is 1. The first-order valence-electron chi connectivity index (χ1n) is 8.14.